The molecule has 0 bridgehead atoms. The Bertz CT molecular complexity index is 628. The molecule has 0 unspecified atom stereocenters. The van der Waals surface area contributed by atoms with E-state index in [-0.39, 0.29) is 0 Å². The number of rotatable bonds is 1. The van der Waals surface area contributed by atoms with Crippen molar-refractivity contribution in [2.24, 2.45) is 0 Å². The van der Waals surface area contributed by atoms with Gasteiger partial charge in [0.2, 0.25) is 0 Å². The fraction of sp³-hybridized carbons (Fsp3) is 0.214. The Morgan fingerprint density at radius 3 is 3.00 bits per heavy atom. The molecule has 1 aliphatic rings. The fourth-order valence-electron chi connectivity index (χ4n) is 2.29. The highest BCUT2D eigenvalue weighted by Gasteiger charge is 2.08. The van der Waals surface area contributed by atoms with E-state index < -0.39 is 0 Å². The first kappa shape index (κ1) is 10.1. The zero-order valence-electron chi connectivity index (χ0n) is 9.48. The average molecular weight is 223 g/mol. The zero-order valence-corrected chi connectivity index (χ0v) is 9.48. The predicted octanol–water partition coefficient (Wildman–Crippen LogP) is 2.35. The van der Waals surface area contributed by atoms with Crippen molar-refractivity contribution in [1.82, 2.24) is 9.88 Å². The molecule has 3 heteroatoms. The van der Waals surface area contributed by atoms with Crippen LogP contribution in [0.4, 0.5) is 0 Å². The van der Waals surface area contributed by atoms with Crippen LogP contribution < -0.4 is 5.32 Å². The first-order valence-electron chi connectivity index (χ1n) is 5.80. The first-order valence-corrected chi connectivity index (χ1v) is 5.80. The maximum Gasteiger partial charge on any atom is 0.0991 e. The molecule has 1 N–H and O–H groups in total. The summed E-state index contributed by atoms with van der Waals surface area (Å²) in [6.45, 7) is 1.97. The van der Waals surface area contributed by atoms with Gasteiger partial charge in [0.05, 0.1) is 17.1 Å². The molecule has 0 atom stereocenters. The van der Waals surface area contributed by atoms with E-state index in [1.807, 2.05) is 18.2 Å². The quantitative estimate of drug-likeness (QED) is 0.806. The smallest absolute Gasteiger partial charge is 0.0991 e. The summed E-state index contributed by atoms with van der Waals surface area (Å²) in [5.74, 6) is 0. The Morgan fingerprint density at radius 2 is 2.24 bits per heavy atom. The van der Waals surface area contributed by atoms with Crippen molar-refractivity contribution in [2.75, 3.05) is 13.1 Å². The minimum absolute atomic E-state index is 0.717. The van der Waals surface area contributed by atoms with Crippen LogP contribution >= 0.6 is 0 Å². The van der Waals surface area contributed by atoms with Crippen molar-refractivity contribution in [3.63, 3.8) is 0 Å². The van der Waals surface area contributed by atoms with E-state index in [1.165, 1.54) is 11.2 Å². The Labute approximate surface area is 100.0 Å². The van der Waals surface area contributed by atoms with Crippen LogP contribution in [0.15, 0.2) is 36.5 Å². The molecule has 2 aromatic rings. The third-order valence-corrected chi connectivity index (χ3v) is 3.17. The van der Waals surface area contributed by atoms with Crippen molar-refractivity contribution >= 4 is 16.6 Å². The Balaban J connectivity index is 2.12. The van der Waals surface area contributed by atoms with Gasteiger partial charge in [-0.2, -0.15) is 5.26 Å². The fourth-order valence-corrected chi connectivity index (χ4v) is 2.29. The van der Waals surface area contributed by atoms with Gasteiger partial charge in [0, 0.05) is 36.8 Å². The van der Waals surface area contributed by atoms with E-state index in [4.69, 9.17) is 5.26 Å². The SMILES string of the molecule is N#Cc1ccc2c(ccn2C2=CCNCC2)c1. The third-order valence-electron chi connectivity index (χ3n) is 3.17. The molecular weight excluding hydrogens is 210 g/mol. The number of benzene rings is 1. The highest BCUT2D eigenvalue weighted by molar-refractivity contribution is 5.84. The molecule has 1 aromatic carbocycles. The predicted molar refractivity (Wildman–Crippen MR) is 68.4 cm³/mol. The lowest BCUT2D eigenvalue weighted by molar-refractivity contribution is 0.720. The van der Waals surface area contributed by atoms with Crippen molar-refractivity contribution in [2.45, 2.75) is 6.42 Å². The van der Waals surface area contributed by atoms with E-state index in [0.29, 0.717) is 0 Å². The van der Waals surface area contributed by atoms with E-state index in [0.717, 1.165) is 30.5 Å². The van der Waals surface area contributed by atoms with Gasteiger partial charge in [-0.05, 0) is 24.3 Å². The second-order valence-electron chi connectivity index (χ2n) is 4.22. The average Bonchev–Trinajstić information content (AvgIpc) is 2.82. The number of nitriles is 1. The molecule has 0 spiro atoms. The lowest BCUT2D eigenvalue weighted by atomic mass is 10.1. The van der Waals surface area contributed by atoms with Gasteiger partial charge in [-0.15, -0.1) is 0 Å². The lowest BCUT2D eigenvalue weighted by Gasteiger charge is -2.16. The van der Waals surface area contributed by atoms with Crippen molar-refractivity contribution in [3.8, 4) is 6.07 Å². The normalized spacial score (nSPS) is 15.6. The van der Waals surface area contributed by atoms with Gasteiger partial charge in [-0.3, -0.25) is 0 Å². The summed E-state index contributed by atoms with van der Waals surface area (Å²) >= 11 is 0. The highest BCUT2D eigenvalue weighted by atomic mass is 15.0. The highest BCUT2D eigenvalue weighted by Crippen LogP contribution is 2.23. The molecule has 17 heavy (non-hydrogen) atoms. The number of hydrogen-bond acceptors (Lipinski definition) is 2. The monoisotopic (exact) mass is 223 g/mol. The number of nitrogens with one attached hydrogen (secondary N) is 1. The minimum atomic E-state index is 0.717. The number of fused-ring (bicyclic) bond motifs is 1. The minimum Gasteiger partial charge on any atom is -0.321 e. The summed E-state index contributed by atoms with van der Waals surface area (Å²) in [5, 5.41) is 13.3. The molecule has 1 aliphatic heterocycles. The van der Waals surface area contributed by atoms with Crippen LogP contribution in [0.25, 0.3) is 16.6 Å². The molecule has 0 saturated heterocycles. The molecule has 0 radical (unpaired) electrons. The van der Waals surface area contributed by atoms with Gasteiger partial charge in [0.1, 0.15) is 0 Å². The van der Waals surface area contributed by atoms with Crippen LogP contribution in [-0.4, -0.2) is 17.7 Å². The summed E-state index contributed by atoms with van der Waals surface area (Å²) < 4.78 is 2.22. The zero-order chi connectivity index (χ0) is 11.7. The standard InChI is InChI=1S/C14H13N3/c15-10-11-1-2-14-12(9-11)5-8-17(14)13-3-6-16-7-4-13/h1-3,5,8-9,16H,4,6-7H2. The molecule has 0 aliphatic carbocycles. The second-order valence-corrected chi connectivity index (χ2v) is 4.22. The summed E-state index contributed by atoms with van der Waals surface area (Å²) in [6.07, 6.45) is 5.36. The van der Waals surface area contributed by atoms with Crippen LogP contribution in [0, 0.1) is 11.3 Å². The van der Waals surface area contributed by atoms with Crippen LogP contribution in [0.1, 0.15) is 12.0 Å². The Kier molecular flexibility index (Phi) is 2.43. The summed E-state index contributed by atoms with van der Waals surface area (Å²) in [5.41, 5.74) is 3.23. The van der Waals surface area contributed by atoms with Crippen LogP contribution in [0.3, 0.4) is 0 Å². The molecular formula is C14H13N3. The molecule has 1 aromatic heterocycles. The first-order chi connectivity index (χ1) is 8.38. The number of aromatic nitrogens is 1. The lowest BCUT2D eigenvalue weighted by Crippen LogP contribution is -2.21. The van der Waals surface area contributed by atoms with E-state index in [2.05, 4.69) is 34.3 Å². The number of nitrogens with zero attached hydrogens (tertiary/aromatic N) is 2. The van der Waals surface area contributed by atoms with Crippen LogP contribution in [0.5, 0.6) is 0 Å². The molecule has 0 amide bonds. The van der Waals surface area contributed by atoms with Gasteiger partial charge in [-0.1, -0.05) is 6.08 Å². The molecule has 3 rings (SSSR count). The molecule has 2 heterocycles. The molecule has 0 saturated carbocycles. The van der Waals surface area contributed by atoms with Crippen molar-refractivity contribution in [3.05, 3.63) is 42.1 Å². The second kappa shape index (κ2) is 4.08. The summed E-state index contributed by atoms with van der Waals surface area (Å²) in [4.78, 5) is 0. The largest absolute Gasteiger partial charge is 0.321 e. The van der Waals surface area contributed by atoms with Gasteiger partial charge in [-0.25, -0.2) is 0 Å². The van der Waals surface area contributed by atoms with Gasteiger partial charge in [0.25, 0.3) is 0 Å². The molecule has 0 fully saturated rings. The van der Waals surface area contributed by atoms with Crippen LogP contribution in [0.2, 0.25) is 0 Å². The van der Waals surface area contributed by atoms with Crippen molar-refractivity contribution in [1.29, 1.82) is 5.26 Å². The van der Waals surface area contributed by atoms with Crippen molar-refractivity contribution < 1.29 is 0 Å². The van der Waals surface area contributed by atoms with E-state index >= 15 is 0 Å². The van der Waals surface area contributed by atoms with Gasteiger partial charge >= 0.3 is 0 Å². The topological polar surface area (TPSA) is 40.8 Å². The molecule has 3 nitrogen and oxygen atoms in total. The maximum atomic E-state index is 8.88. The third kappa shape index (κ3) is 1.73. The van der Waals surface area contributed by atoms with E-state index in [1.54, 1.807) is 0 Å². The molecule has 84 valence electrons. The Morgan fingerprint density at radius 1 is 1.29 bits per heavy atom. The summed E-state index contributed by atoms with van der Waals surface area (Å²) in [6, 6.07) is 10.1. The number of hydrogen-bond donors (Lipinski definition) is 1. The Hall–Kier alpha value is -2.05. The maximum absolute atomic E-state index is 8.88. The van der Waals surface area contributed by atoms with E-state index in [9.17, 15) is 0 Å². The van der Waals surface area contributed by atoms with Gasteiger partial charge < -0.3 is 9.88 Å². The summed E-state index contributed by atoms with van der Waals surface area (Å²) in [7, 11) is 0. The van der Waals surface area contributed by atoms with Gasteiger partial charge in [0.15, 0.2) is 0 Å². The van der Waals surface area contributed by atoms with Crippen LogP contribution in [-0.2, 0) is 0 Å².